The highest BCUT2D eigenvalue weighted by Crippen LogP contribution is 2.26. The van der Waals surface area contributed by atoms with Crippen molar-refractivity contribution >= 4 is 17.7 Å². The smallest absolute Gasteiger partial charge is 0.435 e. The highest BCUT2D eigenvalue weighted by molar-refractivity contribution is 6.23. The normalized spacial score (nSPS) is 20.7. The Bertz CT molecular complexity index is 682. The van der Waals surface area contributed by atoms with Gasteiger partial charge in [0.25, 0.3) is 5.91 Å². The van der Waals surface area contributed by atoms with Gasteiger partial charge in [-0.2, -0.15) is 14.9 Å². The molecule has 2 N–H and O–H groups in total. The molecule has 0 aliphatic carbocycles. The van der Waals surface area contributed by atoms with Crippen molar-refractivity contribution in [1.82, 2.24) is 10.5 Å². The number of carbonyl (C=O) groups is 2. The number of carbonyl (C=O) groups excluding carboxylic acids is 2. The maximum Gasteiger partial charge on any atom is 0.435 e. The number of hydrogen-bond donors (Lipinski definition) is 2. The van der Waals surface area contributed by atoms with E-state index in [2.05, 4.69) is 10.5 Å². The van der Waals surface area contributed by atoms with Gasteiger partial charge in [0, 0.05) is 6.07 Å². The van der Waals surface area contributed by atoms with Crippen LogP contribution in [0.2, 0.25) is 0 Å². The second-order valence-electron chi connectivity index (χ2n) is 6.22. The van der Waals surface area contributed by atoms with Gasteiger partial charge in [-0.15, -0.1) is 0 Å². The number of aromatic nitrogens is 1. The van der Waals surface area contributed by atoms with Gasteiger partial charge in [0.15, 0.2) is 17.9 Å². The van der Waals surface area contributed by atoms with Gasteiger partial charge in [-0.25, -0.2) is 10.2 Å². The fourth-order valence-corrected chi connectivity index (χ4v) is 2.06. The summed E-state index contributed by atoms with van der Waals surface area (Å²) in [6.07, 6.45) is 1.34. The van der Waals surface area contributed by atoms with Crippen molar-refractivity contribution in [2.75, 3.05) is 0 Å². The standard InChI is InChI=1S/C14H18N4O5/c1-13(2,3)23-12(20)18(22)14(4)10(15-16-11(14)19)9-6-5-7-17(21)8-9/h5-8,22H,1-4H3,(H,16,19). The molecule has 0 saturated carbocycles. The lowest BCUT2D eigenvalue weighted by molar-refractivity contribution is -0.605. The lowest BCUT2D eigenvalue weighted by Crippen LogP contribution is -2.59. The Balaban J connectivity index is 2.38. The molecule has 0 radical (unpaired) electrons. The molecule has 1 atom stereocenters. The molecule has 2 amide bonds. The number of hydroxylamine groups is 2. The van der Waals surface area contributed by atoms with E-state index in [4.69, 9.17) is 4.74 Å². The largest absolute Gasteiger partial charge is 0.619 e. The topological polar surface area (TPSA) is 118 Å². The Morgan fingerprint density at radius 3 is 2.74 bits per heavy atom. The zero-order valence-corrected chi connectivity index (χ0v) is 13.2. The molecule has 0 aromatic carbocycles. The van der Waals surface area contributed by atoms with Gasteiger partial charge in [-0.1, -0.05) is 0 Å². The maximum absolute atomic E-state index is 12.2. The molecule has 1 aliphatic rings. The summed E-state index contributed by atoms with van der Waals surface area (Å²) in [5, 5.41) is 25.7. The van der Waals surface area contributed by atoms with Gasteiger partial charge in [0.1, 0.15) is 11.3 Å². The third-order valence-electron chi connectivity index (χ3n) is 3.21. The van der Waals surface area contributed by atoms with Crippen LogP contribution in [-0.2, 0) is 9.53 Å². The van der Waals surface area contributed by atoms with Crippen molar-refractivity contribution in [3.05, 3.63) is 35.3 Å². The third-order valence-corrected chi connectivity index (χ3v) is 3.21. The summed E-state index contributed by atoms with van der Waals surface area (Å²) in [6.45, 7) is 6.19. The van der Waals surface area contributed by atoms with Crippen molar-refractivity contribution in [2.45, 2.75) is 38.8 Å². The first-order valence-electron chi connectivity index (χ1n) is 6.85. The van der Waals surface area contributed by atoms with Crippen molar-refractivity contribution in [3.63, 3.8) is 0 Å². The first-order chi connectivity index (χ1) is 10.6. The summed E-state index contributed by atoms with van der Waals surface area (Å²) in [7, 11) is 0. The van der Waals surface area contributed by atoms with Crippen LogP contribution in [0, 0.1) is 5.21 Å². The van der Waals surface area contributed by atoms with Crippen LogP contribution < -0.4 is 10.2 Å². The first-order valence-corrected chi connectivity index (χ1v) is 6.85. The molecule has 0 saturated heterocycles. The Kier molecular flexibility index (Phi) is 3.99. The molecule has 1 aromatic heterocycles. The van der Waals surface area contributed by atoms with E-state index in [0.717, 1.165) is 0 Å². The van der Waals surface area contributed by atoms with Gasteiger partial charge in [-0.3, -0.25) is 10.0 Å². The van der Waals surface area contributed by atoms with Crippen molar-refractivity contribution in [2.24, 2.45) is 5.10 Å². The molecule has 0 fully saturated rings. The zero-order valence-electron chi connectivity index (χ0n) is 13.2. The summed E-state index contributed by atoms with van der Waals surface area (Å²) in [5.74, 6) is -0.720. The summed E-state index contributed by atoms with van der Waals surface area (Å²) < 4.78 is 5.59. The minimum absolute atomic E-state index is 0.0288. The molecule has 124 valence electrons. The molecule has 2 rings (SSSR count). The molecule has 1 unspecified atom stereocenters. The maximum atomic E-state index is 12.2. The van der Waals surface area contributed by atoms with Crippen LogP contribution in [0.5, 0.6) is 0 Å². The number of pyridine rings is 1. The van der Waals surface area contributed by atoms with Crippen LogP contribution in [-0.4, -0.2) is 39.1 Å². The number of nitrogens with one attached hydrogen (secondary N) is 1. The van der Waals surface area contributed by atoms with E-state index in [1.54, 1.807) is 20.8 Å². The SMILES string of the molecule is CC(C)(C)OC(=O)N(O)C1(C)C(=O)NN=C1c1ccc[n+]([O-])c1. The predicted octanol–water partition coefficient (Wildman–Crippen LogP) is 0.539. The lowest BCUT2D eigenvalue weighted by atomic mass is 9.91. The molecule has 9 heteroatoms. The second kappa shape index (κ2) is 5.51. The number of hydrogen-bond acceptors (Lipinski definition) is 6. The average Bonchev–Trinajstić information content (AvgIpc) is 2.73. The fraction of sp³-hybridized carbons (Fsp3) is 0.429. The fourth-order valence-electron chi connectivity index (χ4n) is 2.06. The van der Waals surface area contributed by atoms with Crippen molar-refractivity contribution in [3.8, 4) is 0 Å². The minimum atomic E-state index is -1.82. The summed E-state index contributed by atoms with van der Waals surface area (Å²) >= 11 is 0. The summed E-state index contributed by atoms with van der Waals surface area (Å²) in [5.41, 5.74) is -0.161. The first kappa shape index (κ1) is 16.7. The Morgan fingerprint density at radius 1 is 1.52 bits per heavy atom. The van der Waals surface area contributed by atoms with Crippen LogP contribution in [0.1, 0.15) is 33.3 Å². The third kappa shape index (κ3) is 3.09. The highest BCUT2D eigenvalue weighted by Gasteiger charge is 2.52. The lowest BCUT2D eigenvalue weighted by Gasteiger charge is -2.32. The van der Waals surface area contributed by atoms with E-state index in [0.29, 0.717) is 4.73 Å². The van der Waals surface area contributed by atoms with Crippen LogP contribution in [0.25, 0.3) is 0 Å². The molecular formula is C14H18N4O5. The molecule has 1 aliphatic heterocycles. The number of amides is 2. The van der Waals surface area contributed by atoms with E-state index in [-0.39, 0.29) is 16.3 Å². The highest BCUT2D eigenvalue weighted by atomic mass is 16.6. The molecule has 9 nitrogen and oxygen atoms in total. The van der Waals surface area contributed by atoms with Gasteiger partial charge >= 0.3 is 6.09 Å². The van der Waals surface area contributed by atoms with Gasteiger partial charge in [0.2, 0.25) is 0 Å². The van der Waals surface area contributed by atoms with Gasteiger partial charge < -0.3 is 9.94 Å². The zero-order chi connectivity index (χ0) is 17.4. The van der Waals surface area contributed by atoms with E-state index < -0.39 is 23.1 Å². The molecule has 0 bridgehead atoms. The van der Waals surface area contributed by atoms with Gasteiger partial charge in [0.05, 0.1) is 5.56 Å². The van der Waals surface area contributed by atoms with Crippen molar-refractivity contribution in [1.29, 1.82) is 0 Å². The van der Waals surface area contributed by atoms with Crippen molar-refractivity contribution < 1.29 is 24.3 Å². The molecule has 2 heterocycles. The van der Waals surface area contributed by atoms with E-state index in [1.165, 1.54) is 31.5 Å². The number of ether oxygens (including phenoxy) is 1. The van der Waals surface area contributed by atoms with Crippen LogP contribution >= 0.6 is 0 Å². The number of hydrazone groups is 1. The number of rotatable bonds is 2. The molecule has 1 aromatic rings. The van der Waals surface area contributed by atoms with Crippen LogP contribution in [0.3, 0.4) is 0 Å². The number of nitrogens with zero attached hydrogens (tertiary/aromatic N) is 3. The van der Waals surface area contributed by atoms with Gasteiger partial charge in [-0.05, 0) is 33.8 Å². The monoisotopic (exact) mass is 322 g/mol. The quantitative estimate of drug-likeness (QED) is 0.356. The molecular weight excluding hydrogens is 304 g/mol. The van der Waals surface area contributed by atoms with E-state index in [9.17, 15) is 20.0 Å². The predicted molar refractivity (Wildman–Crippen MR) is 78.3 cm³/mol. The average molecular weight is 322 g/mol. The summed E-state index contributed by atoms with van der Waals surface area (Å²) in [4.78, 5) is 24.2. The Labute approximate surface area is 132 Å². The summed E-state index contributed by atoms with van der Waals surface area (Å²) in [6, 6.07) is 3.00. The minimum Gasteiger partial charge on any atom is -0.619 e. The molecule has 0 spiro atoms. The van der Waals surface area contributed by atoms with Crippen LogP contribution in [0.15, 0.2) is 29.6 Å². The second-order valence-corrected chi connectivity index (χ2v) is 6.22. The Morgan fingerprint density at radius 2 is 2.17 bits per heavy atom. The van der Waals surface area contributed by atoms with E-state index in [1.807, 2.05) is 0 Å². The Hall–Kier alpha value is -2.68. The van der Waals surface area contributed by atoms with Crippen LogP contribution in [0.4, 0.5) is 4.79 Å². The van der Waals surface area contributed by atoms with E-state index >= 15 is 0 Å². The molecule has 23 heavy (non-hydrogen) atoms.